The van der Waals surface area contributed by atoms with E-state index in [1.54, 1.807) is 0 Å². The number of thiophene rings is 2. The summed E-state index contributed by atoms with van der Waals surface area (Å²) in [5, 5.41) is 5.29. The first-order valence-corrected chi connectivity index (χ1v) is 21.9. The maximum absolute atomic E-state index is 2.42. The number of nitrogens with zero attached hydrogens (tertiary/aromatic N) is 1. The smallest absolute Gasteiger partial charge is 0.0464 e. The zero-order valence-electron chi connectivity index (χ0n) is 32.4. The van der Waals surface area contributed by atoms with Crippen LogP contribution in [0, 0.1) is 0 Å². The number of benzene rings is 9. The van der Waals surface area contributed by atoms with Gasteiger partial charge < -0.3 is 4.90 Å². The van der Waals surface area contributed by atoms with E-state index < -0.39 is 0 Å². The molecule has 0 radical (unpaired) electrons. The minimum absolute atomic E-state index is 0.296. The Balaban J connectivity index is 0.983. The van der Waals surface area contributed by atoms with Gasteiger partial charge >= 0.3 is 0 Å². The molecule has 2 heterocycles. The molecule has 1 nitrogen and oxygen atoms in total. The second-order valence-electron chi connectivity index (χ2n) is 15.8. The molecule has 0 saturated carbocycles. The summed E-state index contributed by atoms with van der Waals surface area (Å²) in [5.41, 5.74) is 14.6. The van der Waals surface area contributed by atoms with E-state index in [9.17, 15) is 0 Å². The van der Waals surface area contributed by atoms with Crippen LogP contribution in [0.3, 0.4) is 0 Å². The zero-order chi connectivity index (χ0) is 39.1. The average molecular weight is 788 g/mol. The highest BCUT2D eigenvalue weighted by Crippen LogP contribution is 2.53. The lowest BCUT2D eigenvalue weighted by molar-refractivity contribution is 0.714. The molecule has 0 saturated heterocycles. The monoisotopic (exact) mass is 787 g/mol. The van der Waals surface area contributed by atoms with Gasteiger partial charge in [-0.3, -0.25) is 0 Å². The van der Waals surface area contributed by atoms with Crippen LogP contribution in [0.2, 0.25) is 0 Å². The molecule has 11 aromatic rings. The highest BCUT2D eigenvalue weighted by molar-refractivity contribution is 7.26. The predicted molar refractivity (Wildman–Crippen MR) is 255 cm³/mol. The Kier molecular flexibility index (Phi) is 7.78. The molecule has 59 heavy (non-hydrogen) atoms. The zero-order valence-corrected chi connectivity index (χ0v) is 34.0. The first-order valence-electron chi connectivity index (χ1n) is 20.2. The first-order chi connectivity index (χ1) is 29.1. The van der Waals surface area contributed by atoms with Gasteiger partial charge in [0.15, 0.2) is 0 Å². The van der Waals surface area contributed by atoms with Gasteiger partial charge in [-0.25, -0.2) is 0 Å². The Bertz CT molecular complexity index is 3360. The lowest BCUT2D eigenvalue weighted by Gasteiger charge is -2.31. The minimum atomic E-state index is -0.296. The fraction of sp³-hybridized carbons (Fsp3) is 0.0357. The van der Waals surface area contributed by atoms with Gasteiger partial charge in [0, 0.05) is 62.8 Å². The normalized spacial score (nSPS) is 13.0. The fourth-order valence-electron chi connectivity index (χ4n) is 9.64. The quantitative estimate of drug-likeness (QED) is 0.162. The summed E-state index contributed by atoms with van der Waals surface area (Å²) in [4.78, 5) is 2.42. The van der Waals surface area contributed by atoms with Crippen molar-refractivity contribution in [2.45, 2.75) is 12.3 Å². The Morgan fingerprint density at radius 1 is 0.356 bits per heavy atom. The summed E-state index contributed by atoms with van der Waals surface area (Å²) >= 11 is 3.75. The Morgan fingerprint density at radius 3 is 1.59 bits per heavy atom. The van der Waals surface area contributed by atoms with Crippen LogP contribution in [0.15, 0.2) is 206 Å². The molecular weight excluding hydrogens is 751 g/mol. The third-order valence-corrected chi connectivity index (χ3v) is 15.0. The highest BCUT2D eigenvalue weighted by atomic mass is 32.1. The number of fused-ring (bicyclic) bond motifs is 9. The second-order valence-corrected chi connectivity index (χ2v) is 17.9. The largest absolute Gasteiger partial charge is 0.310 e. The summed E-state index contributed by atoms with van der Waals surface area (Å²) in [6.07, 6.45) is 0. The van der Waals surface area contributed by atoms with Gasteiger partial charge in [-0.2, -0.15) is 0 Å². The molecule has 0 amide bonds. The topological polar surface area (TPSA) is 3.24 Å². The van der Waals surface area contributed by atoms with Gasteiger partial charge in [0.1, 0.15) is 0 Å². The fourth-order valence-corrected chi connectivity index (χ4v) is 12.0. The van der Waals surface area contributed by atoms with Crippen LogP contribution < -0.4 is 4.90 Å². The Labute approximate surface area is 351 Å². The molecular formula is C56H37NS2. The molecule has 1 aliphatic rings. The van der Waals surface area contributed by atoms with Crippen molar-refractivity contribution in [3.05, 3.63) is 223 Å². The molecule has 0 unspecified atom stereocenters. The van der Waals surface area contributed by atoms with Crippen molar-refractivity contribution >= 4 is 80.1 Å². The van der Waals surface area contributed by atoms with E-state index in [0.29, 0.717) is 0 Å². The Morgan fingerprint density at radius 2 is 0.881 bits per heavy atom. The molecule has 1 aliphatic carbocycles. The lowest BCUT2D eigenvalue weighted by atomic mass is 9.74. The maximum atomic E-state index is 2.42. The SMILES string of the molecule is CC1(c2cccc(N(c3ccc(-c4ccc5sc6ccccc6c5c4)cc3)c3ccc(-c4cccc5c4sc4ccccc45)cc3)c2)c2ccccc2-c2ccccc21. The highest BCUT2D eigenvalue weighted by Gasteiger charge is 2.40. The van der Waals surface area contributed by atoms with Crippen molar-refractivity contribution in [1.82, 2.24) is 0 Å². The third-order valence-electron chi connectivity index (χ3n) is 12.6. The minimum Gasteiger partial charge on any atom is -0.310 e. The average Bonchev–Trinajstić information content (AvgIpc) is 3.95. The van der Waals surface area contributed by atoms with Crippen LogP contribution in [0.1, 0.15) is 23.6 Å². The van der Waals surface area contributed by atoms with Gasteiger partial charge in [0.2, 0.25) is 0 Å². The van der Waals surface area contributed by atoms with Crippen LogP contribution in [0.25, 0.3) is 73.7 Å². The van der Waals surface area contributed by atoms with E-state index in [2.05, 4.69) is 218 Å². The summed E-state index contributed by atoms with van der Waals surface area (Å²) < 4.78 is 5.31. The summed E-state index contributed by atoms with van der Waals surface area (Å²) in [6.45, 7) is 2.40. The van der Waals surface area contributed by atoms with Crippen molar-refractivity contribution in [2.24, 2.45) is 0 Å². The maximum Gasteiger partial charge on any atom is 0.0464 e. The third kappa shape index (κ3) is 5.36. The number of hydrogen-bond acceptors (Lipinski definition) is 3. The molecule has 0 atom stereocenters. The molecule has 0 N–H and O–H groups in total. The van der Waals surface area contributed by atoms with E-state index in [0.717, 1.165) is 17.1 Å². The molecule has 0 spiro atoms. The lowest BCUT2D eigenvalue weighted by Crippen LogP contribution is -2.23. The van der Waals surface area contributed by atoms with Gasteiger partial charge in [0.25, 0.3) is 0 Å². The van der Waals surface area contributed by atoms with Crippen molar-refractivity contribution in [3.63, 3.8) is 0 Å². The number of anilines is 3. The summed E-state index contributed by atoms with van der Waals surface area (Å²) in [7, 11) is 0. The van der Waals surface area contributed by atoms with Crippen LogP contribution >= 0.6 is 22.7 Å². The molecule has 2 aromatic heterocycles. The Hall–Kier alpha value is -6.78. The second kappa shape index (κ2) is 13.4. The number of hydrogen-bond donors (Lipinski definition) is 0. The van der Waals surface area contributed by atoms with E-state index in [4.69, 9.17) is 0 Å². The van der Waals surface area contributed by atoms with Gasteiger partial charge in [-0.05, 0) is 118 Å². The van der Waals surface area contributed by atoms with Crippen molar-refractivity contribution in [3.8, 4) is 33.4 Å². The molecule has 0 bridgehead atoms. The predicted octanol–water partition coefficient (Wildman–Crippen LogP) is 16.6. The van der Waals surface area contributed by atoms with Crippen molar-refractivity contribution in [2.75, 3.05) is 4.90 Å². The van der Waals surface area contributed by atoms with Crippen LogP contribution in [0.4, 0.5) is 17.1 Å². The van der Waals surface area contributed by atoms with Gasteiger partial charge in [0.05, 0.1) is 0 Å². The van der Waals surface area contributed by atoms with Gasteiger partial charge in [-0.15, -0.1) is 22.7 Å². The standard InChI is InChI=1S/C56H37NS2/c1-56(50-20-6-2-14-44(50)45-15-3-7-21-51(45)56)39-12-10-13-42(35-39)57(40-29-24-36(25-30-40)38-28-33-54-49(34-38)47-17-5-8-22-52(47)58-54)41-31-26-37(27-32-41)43-18-11-19-48-46-16-4-9-23-53(46)59-55(43)48/h2-35H,1H3. The summed E-state index contributed by atoms with van der Waals surface area (Å²) in [5.74, 6) is 0. The molecule has 0 aliphatic heterocycles. The van der Waals surface area contributed by atoms with Gasteiger partial charge in [-0.1, -0.05) is 146 Å². The van der Waals surface area contributed by atoms with Crippen molar-refractivity contribution < 1.29 is 0 Å². The molecule has 278 valence electrons. The number of rotatable bonds is 6. The van der Waals surface area contributed by atoms with Crippen LogP contribution in [-0.4, -0.2) is 0 Å². The summed E-state index contributed by atoms with van der Waals surface area (Å²) in [6, 6.07) is 76.5. The van der Waals surface area contributed by atoms with E-state index >= 15 is 0 Å². The first kappa shape index (κ1) is 34.3. The van der Waals surface area contributed by atoms with Crippen LogP contribution in [0.5, 0.6) is 0 Å². The molecule has 9 aromatic carbocycles. The molecule has 3 heteroatoms. The molecule has 0 fully saturated rings. The van der Waals surface area contributed by atoms with E-state index in [-0.39, 0.29) is 5.41 Å². The molecule has 12 rings (SSSR count). The van der Waals surface area contributed by atoms with Crippen molar-refractivity contribution in [1.29, 1.82) is 0 Å². The van der Waals surface area contributed by atoms with E-state index in [1.165, 1.54) is 90.4 Å². The van der Waals surface area contributed by atoms with E-state index in [1.807, 2.05) is 22.7 Å². The van der Waals surface area contributed by atoms with Crippen LogP contribution in [-0.2, 0) is 5.41 Å².